The molecule has 4 rings (SSSR count). The van der Waals surface area contributed by atoms with Gasteiger partial charge in [0, 0.05) is 6.07 Å². The second-order valence-corrected chi connectivity index (χ2v) is 6.72. The first-order chi connectivity index (χ1) is 13.2. The van der Waals surface area contributed by atoms with Crippen LogP contribution in [0.4, 0.5) is 5.82 Å². The number of carbonyl (C=O) groups excluding carboxylic acids is 1. The van der Waals surface area contributed by atoms with Gasteiger partial charge in [0.25, 0.3) is 0 Å². The first-order valence-electron chi connectivity index (χ1n) is 9.03. The van der Waals surface area contributed by atoms with Crippen LogP contribution in [0, 0.1) is 6.92 Å². The lowest BCUT2D eigenvalue weighted by atomic mass is 10.0. The van der Waals surface area contributed by atoms with Gasteiger partial charge in [-0.3, -0.25) is 4.79 Å². The van der Waals surface area contributed by atoms with Crippen molar-refractivity contribution in [3.05, 3.63) is 95.7 Å². The number of nitrogens with zero attached hydrogens (tertiary/aromatic N) is 2. The van der Waals surface area contributed by atoms with E-state index in [1.165, 1.54) is 5.56 Å². The first kappa shape index (κ1) is 17.0. The van der Waals surface area contributed by atoms with Gasteiger partial charge < -0.3 is 5.32 Å². The Kier molecular flexibility index (Phi) is 4.71. The van der Waals surface area contributed by atoms with Crippen LogP contribution in [0.25, 0.3) is 10.8 Å². The normalized spacial score (nSPS) is 10.9. The zero-order chi connectivity index (χ0) is 18.6. The minimum absolute atomic E-state index is 0.0444. The van der Waals surface area contributed by atoms with Gasteiger partial charge in [-0.1, -0.05) is 72.3 Å². The third kappa shape index (κ3) is 3.90. The van der Waals surface area contributed by atoms with Crippen molar-refractivity contribution in [2.24, 2.45) is 0 Å². The SMILES string of the molecule is Cc1ccc(Cn2nccc2NC(=O)Cc2cccc3ccccc23)cc1. The number of carbonyl (C=O) groups is 1. The molecule has 0 saturated carbocycles. The average Bonchev–Trinajstić information content (AvgIpc) is 3.10. The molecular formula is C23H21N3O. The van der Waals surface area contributed by atoms with Gasteiger partial charge in [0.05, 0.1) is 19.2 Å². The quantitative estimate of drug-likeness (QED) is 0.570. The fourth-order valence-electron chi connectivity index (χ4n) is 3.24. The molecule has 1 aromatic heterocycles. The van der Waals surface area contributed by atoms with Gasteiger partial charge in [-0.25, -0.2) is 4.68 Å². The summed E-state index contributed by atoms with van der Waals surface area (Å²) in [5.41, 5.74) is 3.40. The minimum Gasteiger partial charge on any atom is -0.311 e. The third-order valence-electron chi connectivity index (χ3n) is 4.67. The number of aryl methyl sites for hydroxylation is 1. The average molecular weight is 355 g/mol. The Balaban J connectivity index is 1.49. The summed E-state index contributed by atoms with van der Waals surface area (Å²) in [6, 6.07) is 24.3. The molecule has 0 aliphatic rings. The predicted molar refractivity (Wildman–Crippen MR) is 109 cm³/mol. The van der Waals surface area contributed by atoms with E-state index in [2.05, 4.69) is 59.8 Å². The molecule has 1 N–H and O–H groups in total. The molecule has 0 bridgehead atoms. The van der Waals surface area contributed by atoms with Crippen LogP contribution in [0.1, 0.15) is 16.7 Å². The molecule has 0 atom stereocenters. The molecule has 4 heteroatoms. The van der Waals surface area contributed by atoms with Crippen molar-refractivity contribution in [3.8, 4) is 0 Å². The van der Waals surface area contributed by atoms with Gasteiger partial charge in [-0.2, -0.15) is 5.10 Å². The Bertz CT molecular complexity index is 1070. The second kappa shape index (κ2) is 7.46. The molecule has 0 saturated heterocycles. The van der Waals surface area contributed by atoms with Crippen molar-refractivity contribution in [2.75, 3.05) is 5.32 Å². The fourth-order valence-corrected chi connectivity index (χ4v) is 3.24. The molecule has 3 aromatic carbocycles. The molecule has 0 unspecified atom stereocenters. The number of aromatic nitrogens is 2. The Morgan fingerprint density at radius 2 is 1.74 bits per heavy atom. The predicted octanol–water partition coefficient (Wildman–Crippen LogP) is 4.57. The topological polar surface area (TPSA) is 46.9 Å². The highest BCUT2D eigenvalue weighted by Gasteiger charge is 2.10. The molecule has 134 valence electrons. The molecule has 4 aromatic rings. The number of hydrogen-bond donors (Lipinski definition) is 1. The number of nitrogens with one attached hydrogen (secondary N) is 1. The van der Waals surface area contributed by atoms with Crippen LogP contribution < -0.4 is 5.32 Å². The minimum atomic E-state index is -0.0444. The molecule has 1 heterocycles. The van der Waals surface area contributed by atoms with Crippen molar-refractivity contribution in [1.29, 1.82) is 0 Å². The van der Waals surface area contributed by atoms with Gasteiger partial charge in [-0.15, -0.1) is 0 Å². The number of benzene rings is 3. The van der Waals surface area contributed by atoms with E-state index in [0.29, 0.717) is 18.8 Å². The maximum atomic E-state index is 12.6. The molecule has 0 spiro atoms. The van der Waals surface area contributed by atoms with Crippen LogP contribution in [-0.2, 0) is 17.8 Å². The number of anilines is 1. The van der Waals surface area contributed by atoms with E-state index in [4.69, 9.17) is 0 Å². The Morgan fingerprint density at radius 3 is 2.59 bits per heavy atom. The molecule has 4 nitrogen and oxygen atoms in total. The summed E-state index contributed by atoms with van der Waals surface area (Å²) < 4.78 is 1.81. The van der Waals surface area contributed by atoms with Gasteiger partial charge in [-0.05, 0) is 28.8 Å². The van der Waals surface area contributed by atoms with Crippen molar-refractivity contribution >= 4 is 22.5 Å². The lowest BCUT2D eigenvalue weighted by Gasteiger charge is -2.10. The zero-order valence-electron chi connectivity index (χ0n) is 15.2. The van der Waals surface area contributed by atoms with Crippen LogP contribution in [0.15, 0.2) is 79.0 Å². The molecule has 0 aliphatic carbocycles. The summed E-state index contributed by atoms with van der Waals surface area (Å²) in [6.07, 6.45) is 2.04. The van der Waals surface area contributed by atoms with Crippen molar-refractivity contribution in [1.82, 2.24) is 9.78 Å². The lowest BCUT2D eigenvalue weighted by Crippen LogP contribution is -2.18. The van der Waals surface area contributed by atoms with Crippen LogP contribution >= 0.6 is 0 Å². The Labute approximate surface area is 158 Å². The van der Waals surface area contributed by atoms with Crippen LogP contribution in [0.3, 0.4) is 0 Å². The molecule has 0 radical (unpaired) electrons. The first-order valence-corrected chi connectivity index (χ1v) is 9.03. The second-order valence-electron chi connectivity index (χ2n) is 6.72. The highest BCUT2D eigenvalue weighted by molar-refractivity contribution is 5.95. The van der Waals surface area contributed by atoms with E-state index in [1.54, 1.807) is 6.20 Å². The summed E-state index contributed by atoms with van der Waals surface area (Å²) in [6.45, 7) is 2.69. The number of fused-ring (bicyclic) bond motifs is 1. The van der Waals surface area contributed by atoms with Crippen LogP contribution in [0.5, 0.6) is 0 Å². The third-order valence-corrected chi connectivity index (χ3v) is 4.67. The maximum absolute atomic E-state index is 12.6. The largest absolute Gasteiger partial charge is 0.311 e. The monoisotopic (exact) mass is 355 g/mol. The summed E-state index contributed by atoms with van der Waals surface area (Å²) in [7, 11) is 0. The number of hydrogen-bond acceptors (Lipinski definition) is 2. The van der Waals surface area contributed by atoms with E-state index in [0.717, 1.165) is 21.9 Å². The number of rotatable bonds is 5. The standard InChI is InChI=1S/C23H21N3O/c1-17-9-11-18(12-10-17)16-26-22(13-14-24-26)25-23(27)15-20-7-4-6-19-5-2-3-8-21(19)20/h2-14H,15-16H2,1H3,(H,25,27). The van der Waals surface area contributed by atoms with E-state index in [9.17, 15) is 4.79 Å². The highest BCUT2D eigenvalue weighted by atomic mass is 16.1. The fraction of sp³-hybridized carbons (Fsp3) is 0.130. The zero-order valence-corrected chi connectivity index (χ0v) is 15.2. The molecule has 27 heavy (non-hydrogen) atoms. The Hall–Kier alpha value is -3.40. The van der Waals surface area contributed by atoms with Crippen molar-refractivity contribution in [3.63, 3.8) is 0 Å². The van der Waals surface area contributed by atoms with Crippen molar-refractivity contribution in [2.45, 2.75) is 19.9 Å². The van der Waals surface area contributed by atoms with Crippen LogP contribution in [-0.4, -0.2) is 15.7 Å². The molecule has 0 fully saturated rings. The van der Waals surface area contributed by atoms with Gasteiger partial charge in [0.15, 0.2) is 0 Å². The molecule has 1 amide bonds. The summed E-state index contributed by atoms with van der Waals surface area (Å²) >= 11 is 0. The maximum Gasteiger partial charge on any atom is 0.229 e. The van der Waals surface area contributed by atoms with Crippen LogP contribution in [0.2, 0.25) is 0 Å². The summed E-state index contributed by atoms with van der Waals surface area (Å²) in [5, 5.41) is 9.60. The smallest absolute Gasteiger partial charge is 0.229 e. The van der Waals surface area contributed by atoms with Crippen molar-refractivity contribution < 1.29 is 4.79 Å². The highest BCUT2D eigenvalue weighted by Crippen LogP contribution is 2.19. The van der Waals surface area contributed by atoms with E-state index in [-0.39, 0.29) is 5.91 Å². The van der Waals surface area contributed by atoms with Gasteiger partial charge >= 0.3 is 0 Å². The summed E-state index contributed by atoms with van der Waals surface area (Å²) in [4.78, 5) is 12.6. The van der Waals surface area contributed by atoms with E-state index in [1.807, 2.05) is 35.0 Å². The van der Waals surface area contributed by atoms with Gasteiger partial charge in [0.2, 0.25) is 5.91 Å². The number of amides is 1. The molecular weight excluding hydrogens is 334 g/mol. The Morgan fingerprint density at radius 1 is 0.963 bits per heavy atom. The summed E-state index contributed by atoms with van der Waals surface area (Å²) in [5.74, 6) is 0.665. The lowest BCUT2D eigenvalue weighted by molar-refractivity contribution is -0.115. The van der Waals surface area contributed by atoms with E-state index < -0.39 is 0 Å². The molecule has 0 aliphatic heterocycles. The van der Waals surface area contributed by atoms with Gasteiger partial charge in [0.1, 0.15) is 5.82 Å². The van der Waals surface area contributed by atoms with E-state index >= 15 is 0 Å².